The van der Waals surface area contributed by atoms with Gasteiger partial charge in [0.25, 0.3) is 0 Å². The Kier molecular flexibility index (Phi) is 5.71. The molecule has 6 heteroatoms. The average molecular weight is 329 g/mol. The van der Waals surface area contributed by atoms with Gasteiger partial charge in [-0.2, -0.15) is 0 Å². The zero-order chi connectivity index (χ0) is 15.5. The smallest absolute Gasteiger partial charge is 0.154 e. The number of hydrogen-bond donors (Lipinski definition) is 2. The third-order valence-corrected chi connectivity index (χ3v) is 6.62. The maximum absolute atomic E-state index is 11.5. The quantitative estimate of drug-likeness (QED) is 0.831. The lowest BCUT2D eigenvalue weighted by atomic mass is 10.2. The van der Waals surface area contributed by atoms with Crippen molar-refractivity contribution < 1.29 is 13.5 Å². The van der Waals surface area contributed by atoms with Crippen molar-refractivity contribution >= 4 is 21.6 Å². The highest BCUT2D eigenvalue weighted by molar-refractivity contribution is 8.02. The summed E-state index contributed by atoms with van der Waals surface area (Å²) in [5.41, 5.74) is 1.21. The third kappa shape index (κ3) is 5.29. The van der Waals surface area contributed by atoms with Crippen molar-refractivity contribution in [2.45, 2.75) is 36.6 Å². The Morgan fingerprint density at radius 2 is 1.95 bits per heavy atom. The SMILES string of the molecule is CC(C)CNCc1ccc(SC2CS(=O)(=O)CC2O)cc1. The zero-order valence-corrected chi connectivity index (χ0v) is 14.1. The van der Waals surface area contributed by atoms with Gasteiger partial charge in [0.1, 0.15) is 0 Å². The molecule has 4 nitrogen and oxygen atoms in total. The van der Waals surface area contributed by atoms with Crippen LogP contribution in [0, 0.1) is 5.92 Å². The minimum atomic E-state index is -3.07. The number of benzene rings is 1. The van der Waals surface area contributed by atoms with E-state index in [1.54, 1.807) is 0 Å². The molecule has 1 aromatic carbocycles. The number of aliphatic hydroxyl groups is 1. The van der Waals surface area contributed by atoms with Gasteiger partial charge in [-0.15, -0.1) is 11.8 Å². The van der Waals surface area contributed by atoms with Crippen molar-refractivity contribution in [2.24, 2.45) is 5.92 Å². The molecular formula is C15H23NO3S2. The van der Waals surface area contributed by atoms with Crippen molar-refractivity contribution in [1.82, 2.24) is 5.32 Å². The highest BCUT2D eigenvalue weighted by atomic mass is 32.2. The maximum Gasteiger partial charge on any atom is 0.154 e. The van der Waals surface area contributed by atoms with Crippen LogP contribution in [0.1, 0.15) is 19.4 Å². The molecule has 0 aromatic heterocycles. The van der Waals surface area contributed by atoms with Crippen LogP contribution in [0.3, 0.4) is 0 Å². The maximum atomic E-state index is 11.5. The minimum Gasteiger partial charge on any atom is -0.391 e. The van der Waals surface area contributed by atoms with Crippen LogP contribution < -0.4 is 5.32 Å². The second-order valence-corrected chi connectivity index (χ2v) is 9.44. The monoisotopic (exact) mass is 329 g/mol. The highest BCUT2D eigenvalue weighted by Crippen LogP contribution is 2.31. The number of rotatable bonds is 6. The first kappa shape index (κ1) is 16.8. The Hall–Kier alpha value is -0.560. The first-order valence-corrected chi connectivity index (χ1v) is 9.90. The van der Waals surface area contributed by atoms with Crippen molar-refractivity contribution in [1.29, 1.82) is 0 Å². The van der Waals surface area contributed by atoms with Crippen LogP contribution in [-0.4, -0.2) is 42.9 Å². The summed E-state index contributed by atoms with van der Waals surface area (Å²) in [6.07, 6.45) is -0.757. The highest BCUT2D eigenvalue weighted by Gasteiger charge is 2.36. The second kappa shape index (κ2) is 7.13. The van der Waals surface area contributed by atoms with Gasteiger partial charge in [0.15, 0.2) is 9.84 Å². The summed E-state index contributed by atoms with van der Waals surface area (Å²) < 4.78 is 23.0. The third-order valence-electron chi connectivity index (χ3n) is 3.36. The van der Waals surface area contributed by atoms with Gasteiger partial charge in [0.2, 0.25) is 0 Å². The lowest BCUT2D eigenvalue weighted by Crippen LogP contribution is -2.20. The van der Waals surface area contributed by atoms with Crippen molar-refractivity contribution in [3.05, 3.63) is 29.8 Å². The lowest BCUT2D eigenvalue weighted by molar-refractivity contribution is 0.207. The number of thioether (sulfide) groups is 1. The van der Waals surface area contributed by atoms with Crippen LogP contribution >= 0.6 is 11.8 Å². The molecule has 2 N–H and O–H groups in total. The largest absolute Gasteiger partial charge is 0.391 e. The molecule has 2 atom stereocenters. The average Bonchev–Trinajstić information content (AvgIpc) is 2.64. The Bertz CT molecular complexity index is 555. The molecule has 1 aliphatic heterocycles. The second-order valence-electron chi connectivity index (χ2n) is 5.97. The minimum absolute atomic E-state index is 0.0660. The molecular weight excluding hydrogens is 306 g/mol. The number of hydrogen-bond acceptors (Lipinski definition) is 5. The molecule has 1 fully saturated rings. The van der Waals surface area contributed by atoms with Gasteiger partial charge < -0.3 is 10.4 Å². The molecule has 0 amide bonds. The number of sulfone groups is 1. The summed E-state index contributed by atoms with van der Waals surface area (Å²) in [6, 6.07) is 8.08. The van der Waals surface area contributed by atoms with E-state index in [1.807, 2.05) is 24.3 Å². The topological polar surface area (TPSA) is 66.4 Å². The summed E-state index contributed by atoms with van der Waals surface area (Å²) in [6.45, 7) is 6.17. The van der Waals surface area contributed by atoms with E-state index >= 15 is 0 Å². The van der Waals surface area contributed by atoms with Crippen LogP contribution in [0.2, 0.25) is 0 Å². The molecule has 1 aliphatic rings. The predicted octanol–water partition coefficient (Wildman–Crippen LogP) is 1.68. The molecule has 1 saturated heterocycles. The fourth-order valence-electron chi connectivity index (χ4n) is 2.28. The fourth-order valence-corrected chi connectivity index (χ4v) is 5.80. The Labute approximate surface area is 131 Å². The van der Waals surface area contributed by atoms with Crippen molar-refractivity contribution in [3.8, 4) is 0 Å². The summed E-state index contributed by atoms with van der Waals surface area (Å²) in [5.74, 6) is 0.587. The first-order valence-electron chi connectivity index (χ1n) is 7.20. The number of aliphatic hydroxyl groups excluding tert-OH is 1. The summed E-state index contributed by atoms with van der Waals surface area (Å²) in [5, 5.41) is 12.9. The molecule has 1 heterocycles. The van der Waals surface area contributed by atoms with Crippen LogP contribution in [0.5, 0.6) is 0 Å². The predicted molar refractivity (Wildman–Crippen MR) is 87.3 cm³/mol. The van der Waals surface area contributed by atoms with Gasteiger partial charge in [0, 0.05) is 11.4 Å². The van der Waals surface area contributed by atoms with Crippen LogP contribution in [0.4, 0.5) is 0 Å². The summed E-state index contributed by atoms with van der Waals surface area (Å²) in [4.78, 5) is 1.00. The van der Waals surface area contributed by atoms with Gasteiger partial charge in [-0.05, 0) is 30.2 Å². The van der Waals surface area contributed by atoms with E-state index in [0.717, 1.165) is 18.0 Å². The summed E-state index contributed by atoms with van der Waals surface area (Å²) in [7, 11) is -3.07. The fraction of sp³-hybridized carbons (Fsp3) is 0.600. The zero-order valence-electron chi connectivity index (χ0n) is 12.5. The van der Waals surface area contributed by atoms with Gasteiger partial charge in [-0.25, -0.2) is 8.42 Å². The van der Waals surface area contributed by atoms with E-state index < -0.39 is 15.9 Å². The van der Waals surface area contributed by atoms with Gasteiger partial charge in [0.05, 0.1) is 22.9 Å². The Balaban J connectivity index is 1.88. The van der Waals surface area contributed by atoms with E-state index in [4.69, 9.17) is 0 Å². The molecule has 1 aromatic rings. The van der Waals surface area contributed by atoms with E-state index in [-0.39, 0.29) is 16.8 Å². The Morgan fingerprint density at radius 3 is 2.48 bits per heavy atom. The van der Waals surface area contributed by atoms with Crippen molar-refractivity contribution in [3.63, 3.8) is 0 Å². The molecule has 0 saturated carbocycles. The van der Waals surface area contributed by atoms with E-state index in [1.165, 1.54) is 17.3 Å². The first-order chi connectivity index (χ1) is 9.85. The van der Waals surface area contributed by atoms with Gasteiger partial charge in [-0.1, -0.05) is 26.0 Å². The molecule has 21 heavy (non-hydrogen) atoms. The van der Waals surface area contributed by atoms with E-state index in [2.05, 4.69) is 19.2 Å². The molecule has 2 unspecified atom stereocenters. The van der Waals surface area contributed by atoms with E-state index in [9.17, 15) is 13.5 Å². The standard InChI is InChI=1S/C15H23NO3S2/c1-11(2)7-16-8-12-3-5-13(6-4-12)20-15-10-21(18,19)9-14(15)17/h3-6,11,14-17H,7-10H2,1-2H3. The van der Waals surface area contributed by atoms with Gasteiger partial charge in [-0.3, -0.25) is 0 Å². The van der Waals surface area contributed by atoms with Crippen LogP contribution in [0.25, 0.3) is 0 Å². The van der Waals surface area contributed by atoms with E-state index in [0.29, 0.717) is 5.92 Å². The molecule has 0 bridgehead atoms. The molecule has 0 aliphatic carbocycles. The van der Waals surface area contributed by atoms with Gasteiger partial charge >= 0.3 is 0 Å². The molecule has 0 spiro atoms. The normalized spacial score (nSPS) is 24.6. The van der Waals surface area contributed by atoms with Crippen molar-refractivity contribution in [2.75, 3.05) is 18.1 Å². The molecule has 2 rings (SSSR count). The summed E-state index contributed by atoms with van der Waals surface area (Å²) >= 11 is 1.45. The lowest BCUT2D eigenvalue weighted by Gasteiger charge is -2.12. The van der Waals surface area contributed by atoms with Crippen LogP contribution in [-0.2, 0) is 16.4 Å². The molecule has 0 radical (unpaired) electrons. The molecule has 118 valence electrons. The number of nitrogens with one attached hydrogen (secondary N) is 1. The van der Waals surface area contributed by atoms with Crippen LogP contribution in [0.15, 0.2) is 29.2 Å². The Morgan fingerprint density at radius 1 is 1.29 bits per heavy atom.